The minimum absolute atomic E-state index is 0.144. The molecule has 0 radical (unpaired) electrons. The minimum atomic E-state index is -0.683. The van der Waals surface area contributed by atoms with Crippen molar-refractivity contribution in [2.45, 2.75) is 31.7 Å². The highest BCUT2D eigenvalue weighted by atomic mass is 35.5. The Bertz CT molecular complexity index is 863. The van der Waals surface area contributed by atoms with Crippen LogP contribution in [0.25, 0.3) is 0 Å². The van der Waals surface area contributed by atoms with Gasteiger partial charge < -0.3 is 17.6 Å². The topological polar surface area (TPSA) is 33.3 Å². The molecule has 26 heavy (non-hydrogen) atoms. The smallest absolute Gasteiger partial charge is 0.237 e. The van der Waals surface area contributed by atoms with Crippen molar-refractivity contribution in [2.75, 3.05) is 6.54 Å². The summed E-state index contributed by atoms with van der Waals surface area (Å²) < 4.78 is 1.88. The van der Waals surface area contributed by atoms with E-state index in [0.717, 1.165) is 12.8 Å². The Balaban J connectivity index is 2.05. The Morgan fingerprint density at radius 3 is 2.73 bits per heavy atom. The molecule has 0 N–H and O–H groups in total. The highest BCUT2D eigenvalue weighted by molar-refractivity contribution is 7.77. The molecule has 1 aliphatic carbocycles. The lowest BCUT2D eigenvalue weighted by molar-refractivity contribution is -0.692. The average molecular weight is 385 g/mol. The van der Waals surface area contributed by atoms with Crippen molar-refractivity contribution in [3.05, 3.63) is 77.1 Å². The summed E-state index contributed by atoms with van der Waals surface area (Å²) in [6.45, 7) is 4.06. The first kappa shape index (κ1) is 18.7. The molecule has 0 saturated carbocycles. The van der Waals surface area contributed by atoms with E-state index >= 15 is 0 Å². The van der Waals surface area contributed by atoms with Crippen LogP contribution >= 0.6 is 11.6 Å². The lowest BCUT2D eigenvalue weighted by atomic mass is 9.93. The van der Waals surface area contributed by atoms with Crippen LogP contribution < -0.4 is 4.57 Å². The first-order chi connectivity index (χ1) is 12.6. The first-order valence-electron chi connectivity index (χ1n) is 8.75. The summed E-state index contributed by atoms with van der Waals surface area (Å²) in [5.41, 5.74) is 3.09. The SMILES string of the molecule is C=CCN=C([S-])C(C(=O)c1ccccc1Cl)[n+]1ccc2c(c1)CCCC2. The van der Waals surface area contributed by atoms with Crippen LogP contribution in [0.4, 0.5) is 0 Å². The molecule has 1 heterocycles. The van der Waals surface area contributed by atoms with Gasteiger partial charge in [-0.15, -0.1) is 6.58 Å². The van der Waals surface area contributed by atoms with Gasteiger partial charge in [0.15, 0.2) is 12.4 Å². The molecule has 134 valence electrons. The van der Waals surface area contributed by atoms with Crippen LogP contribution in [-0.4, -0.2) is 17.4 Å². The largest absolute Gasteiger partial charge is 0.758 e. The van der Waals surface area contributed by atoms with Gasteiger partial charge in [-0.3, -0.25) is 4.79 Å². The van der Waals surface area contributed by atoms with Gasteiger partial charge in [-0.25, -0.2) is 0 Å². The fourth-order valence-corrected chi connectivity index (χ4v) is 3.81. The van der Waals surface area contributed by atoms with Gasteiger partial charge in [0.2, 0.25) is 11.8 Å². The number of aryl methyl sites for hydroxylation is 2. The number of benzene rings is 1. The number of ketones is 1. The van der Waals surface area contributed by atoms with Crippen molar-refractivity contribution in [2.24, 2.45) is 4.99 Å². The number of rotatable bonds is 6. The molecule has 0 spiro atoms. The Morgan fingerprint density at radius 1 is 1.27 bits per heavy atom. The second-order valence-corrected chi connectivity index (χ2v) is 7.19. The third-order valence-electron chi connectivity index (χ3n) is 4.60. The van der Waals surface area contributed by atoms with Crippen LogP contribution in [0.5, 0.6) is 0 Å². The van der Waals surface area contributed by atoms with Crippen molar-refractivity contribution >= 4 is 35.1 Å². The summed E-state index contributed by atoms with van der Waals surface area (Å²) in [4.78, 5) is 17.6. The summed E-state index contributed by atoms with van der Waals surface area (Å²) in [7, 11) is 0. The van der Waals surface area contributed by atoms with E-state index in [1.807, 2.05) is 17.0 Å². The maximum Gasteiger partial charge on any atom is 0.237 e. The Hall–Kier alpha value is -2.04. The van der Waals surface area contributed by atoms with E-state index in [0.29, 0.717) is 22.2 Å². The maximum atomic E-state index is 13.3. The van der Waals surface area contributed by atoms with Crippen LogP contribution in [0.2, 0.25) is 5.02 Å². The van der Waals surface area contributed by atoms with E-state index in [4.69, 9.17) is 24.2 Å². The molecule has 0 saturated heterocycles. The molecule has 0 fully saturated rings. The third kappa shape index (κ3) is 4.02. The molecule has 1 aromatic heterocycles. The van der Waals surface area contributed by atoms with E-state index in [9.17, 15) is 4.79 Å². The van der Waals surface area contributed by atoms with Crippen molar-refractivity contribution in [1.29, 1.82) is 0 Å². The number of aromatic nitrogens is 1. The van der Waals surface area contributed by atoms with Crippen LogP contribution in [-0.2, 0) is 25.5 Å². The second-order valence-electron chi connectivity index (χ2n) is 6.36. The van der Waals surface area contributed by atoms with Gasteiger partial charge in [-0.1, -0.05) is 29.8 Å². The Morgan fingerprint density at radius 2 is 2.00 bits per heavy atom. The minimum Gasteiger partial charge on any atom is -0.758 e. The van der Waals surface area contributed by atoms with Crippen molar-refractivity contribution in [3.8, 4) is 0 Å². The zero-order valence-electron chi connectivity index (χ0n) is 14.5. The lowest BCUT2D eigenvalue weighted by Gasteiger charge is -2.21. The first-order valence-corrected chi connectivity index (χ1v) is 9.54. The number of nitrogens with zero attached hydrogens (tertiary/aromatic N) is 2. The summed E-state index contributed by atoms with van der Waals surface area (Å²) in [5, 5.41) is 0.767. The van der Waals surface area contributed by atoms with E-state index < -0.39 is 6.04 Å². The van der Waals surface area contributed by atoms with E-state index in [1.165, 1.54) is 24.0 Å². The fraction of sp³-hybridized carbons (Fsp3) is 0.286. The van der Waals surface area contributed by atoms with Crippen LogP contribution in [0, 0.1) is 0 Å². The number of hydrogen-bond acceptors (Lipinski definition) is 3. The van der Waals surface area contributed by atoms with Gasteiger partial charge in [0.1, 0.15) is 0 Å². The zero-order chi connectivity index (χ0) is 18.5. The molecular formula is C21H21ClN2OS. The third-order valence-corrected chi connectivity index (χ3v) is 5.29. The number of pyridine rings is 1. The van der Waals surface area contributed by atoms with Crippen molar-refractivity contribution < 1.29 is 9.36 Å². The quantitative estimate of drug-likeness (QED) is 0.188. The molecule has 3 nitrogen and oxygen atoms in total. The van der Waals surface area contributed by atoms with Gasteiger partial charge in [0, 0.05) is 17.2 Å². The highest BCUT2D eigenvalue weighted by Gasteiger charge is 2.30. The number of fused-ring (bicyclic) bond motifs is 1. The Labute approximate surface area is 164 Å². The highest BCUT2D eigenvalue weighted by Crippen LogP contribution is 2.22. The molecule has 1 atom stereocenters. The van der Waals surface area contributed by atoms with Gasteiger partial charge in [-0.2, -0.15) is 4.57 Å². The number of carbonyl (C=O) groups is 1. The number of carbonyl (C=O) groups excluding carboxylic acids is 1. The summed E-state index contributed by atoms with van der Waals surface area (Å²) in [6.07, 6.45) is 10.1. The number of aliphatic imine (C=N–C) groups is 1. The summed E-state index contributed by atoms with van der Waals surface area (Å²) >= 11 is 11.8. The number of halogens is 1. The van der Waals surface area contributed by atoms with E-state index in [1.54, 1.807) is 30.3 Å². The molecule has 5 heteroatoms. The van der Waals surface area contributed by atoms with Gasteiger partial charge in [-0.05, 0) is 48.4 Å². The molecular weight excluding hydrogens is 364 g/mol. The van der Waals surface area contributed by atoms with Crippen LogP contribution in [0.3, 0.4) is 0 Å². The fourth-order valence-electron chi connectivity index (χ4n) is 3.27. The summed E-state index contributed by atoms with van der Waals surface area (Å²) in [5.74, 6) is -0.144. The zero-order valence-corrected chi connectivity index (χ0v) is 16.1. The van der Waals surface area contributed by atoms with Crippen molar-refractivity contribution in [1.82, 2.24) is 0 Å². The predicted molar refractivity (Wildman–Crippen MR) is 108 cm³/mol. The number of Topliss-reactive ketones (excluding diaryl/α,β-unsaturated/α-hetero) is 1. The second kappa shape index (κ2) is 8.56. The molecule has 1 aromatic carbocycles. The monoisotopic (exact) mass is 384 g/mol. The molecule has 1 aliphatic rings. The van der Waals surface area contributed by atoms with Crippen molar-refractivity contribution in [3.63, 3.8) is 0 Å². The average Bonchev–Trinajstić information content (AvgIpc) is 2.66. The molecule has 0 aliphatic heterocycles. The molecule has 3 rings (SSSR count). The number of hydrogen-bond donors (Lipinski definition) is 0. The molecule has 0 bridgehead atoms. The predicted octanol–water partition coefficient (Wildman–Crippen LogP) is 4.06. The maximum absolute atomic E-state index is 13.3. The van der Waals surface area contributed by atoms with Gasteiger partial charge in [0.25, 0.3) is 0 Å². The lowest BCUT2D eigenvalue weighted by Crippen LogP contribution is -2.48. The Kier molecular flexibility index (Phi) is 6.17. The van der Waals surface area contributed by atoms with E-state index in [-0.39, 0.29) is 5.78 Å². The molecule has 0 amide bonds. The summed E-state index contributed by atoms with van der Waals surface area (Å²) in [6, 6.07) is 8.47. The van der Waals surface area contributed by atoms with Crippen LogP contribution in [0.15, 0.2) is 60.4 Å². The van der Waals surface area contributed by atoms with E-state index in [2.05, 4.69) is 17.6 Å². The van der Waals surface area contributed by atoms with Crippen LogP contribution in [0.1, 0.15) is 40.4 Å². The van der Waals surface area contributed by atoms with Gasteiger partial charge in [0.05, 0.1) is 11.6 Å². The normalized spacial score (nSPS) is 15.2. The molecule has 1 unspecified atom stereocenters. The standard InChI is InChI=1S/C21H21ClN2OS/c1-2-12-23-21(26)19(20(25)17-9-5-6-10-18(17)22)24-13-11-15-7-3-4-8-16(15)14-24/h2,5-6,9-11,13-14,19H,1,3-4,7-8,12H2. The molecule has 2 aromatic rings. The van der Waals surface area contributed by atoms with Gasteiger partial charge >= 0.3 is 0 Å².